The third kappa shape index (κ3) is 7.18. The van der Waals surface area contributed by atoms with Crippen LogP contribution in [0.25, 0.3) is 0 Å². The smallest absolute Gasteiger partial charge is 0.428 e. The molecule has 0 aliphatic heterocycles. The minimum absolute atomic E-state index is 0.0378. The van der Waals surface area contributed by atoms with Gasteiger partial charge < -0.3 is 19.5 Å². The number of halogens is 1. The molecule has 0 aromatic heterocycles. The van der Waals surface area contributed by atoms with E-state index < -0.39 is 11.7 Å². The van der Waals surface area contributed by atoms with Crippen molar-refractivity contribution in [2.45, 2.75) is 39.7 Å². The van der Waals surface area contributed by atoms with Gasteiger partial charge in [0.05, 0.1) is 31.4 Å². The van der Waals surface area contributed by atoms with Gasteiger partial charge in [-0.2, -0.15) is 5.10 Å². The van der Waals surface area contributed by atoms with Gasteiger partial charge in [0, 0.05) is 17.8 Å². The standard InChI is InChI=1S/C17H24ClN3O5/c1-10(20-21-16(23)26-17(2,3)4)7-15(22)19-12-9-13(24-5)11(18)8-14(12)25-6/h8-9H,7H2,1-6H3,(H,19,22)(H,21,23)/b20-10+. The summed E-state index contributed by atoms with van der Waals surface area (Å²) in [4.78, 5) is 23.7. The Hall–Kier alpha value is -2.48. The van der Waals surface area contributed by atoms with Crippen LogP contribution in [0.1, 0.15) is 34.1 Å². The quantitative estimate of drug-likeness (QED) is 0.576. The Morgan fingerprint density at radius 2 is 1.77 bits per heavy atom. The molecule has 0 unspecified atom stereocenters. The topological polar surface area (TPSA) is 98.2 Å². The molecule has 8 nitrogen and oxygen atoms in total. The molecule has 1 aromatic rings. The van der Waals surface area contributed by atoms with E-state index in [2.05, 4.69) is 15.8 Å². The highest BCUT2D eigenvalue weighted by atomic mass is 35.5. The third-order valence-corrected chi connectivity index (χ3v) is 3.20. The number of carbonyl (C=O) groups excluding carboxylic acids is 2. The van der Waals surface area contributed by atoms with E-state index in [1.54, 1.807) is 39.8 Å². The lowest BCUT2D eigenvalue weighted by Gasteiger charge is -2.18. The van der Waals surface area contributed by atoms with Gasteiger partial charge in [-0.3, -0.25) is 4.79 Å². The number of amides is 2. The number of nitrogens with zero attached hydrogens (tertiary/aromatic N) is 1. The molecule has 1 rings (SSSR count). The van der Waals surface area contributed by atoms with Gasteiger partial charge in [0.2, 0.25) is 5.91 Å². The molecule has 1 aromatic carbocycles. The Morgan fingerprint density at radius 3 is 2.31 bits per heavy atom. The van der Waals surface area contributed by atoms with Gasteiger partial charge in [-0.15, -0.1) is 0 Å². The molecule has 0 fully saturated rings. The van der Waals surface area contributed by atoms with Crippen LogP contribution in [0.5, 0.6) is 11.5 Å². The lowest BCUT2D eigenvalue weighted by Crippen LogP contribution is -2.30. The van der Waals surface area contributed by atoms with E-state index in [1.807, 2.05) is 0 Å². The number of anilines is 1. The number of hydrogen-bond donors (Lipinski definition) is 2. The van der Waals surface area contributed by atoms with Crippen molar-refractivity contribution in [2.24, 2.45) is 5.10 Å². The molecule has 0 saturated heterocycles. The van der Waals surface area contributed by atoms with E-state index in [1.165, 1.54) is 14.2 Å². The van der Waals surface area contributed by atoms with Crippen LogP contribution >= 0.6 is 11.6 Å². The number of methoxy groups -OCH3 is 2. The summed E-state index contributed by atoms with van der Waals surface area (Å²) in [6, 6.07) is 3.10. The number of hydrazone groups is 1. The number of benzene rings is 1. The number of carbonyl (C=O) groups is 2. The summed E-state index contributed by atoms with van der Waals surface area (Å²) in [5.74, 6) is 0.449. The zero-order valence-corrected chi connectivity index (χ0v) is 16.5. The monoisotopic (exact) mass is 385 g/mol. The van der Waals surface area contributed by atoms with Gasteiger partial charge in [-0.25, -0.2) is 10.2 Å². The molecule has 0 radical (unpaired) electrons. The molecule has 0 aliphatic carbocycles. The highest BCUT2D eigenvalue weighted by molar-refractivity contribution is 6.32. The maximum absolute atomic E-state index is 12.2. The fraction of sp³-hybridized carbons (Fsp3) is 0.471. The lowest BCUT2D eigenvalue weighted by molar-refractivity contribution is -0.115. The fourth-order valence-electron chi connectivity index (χ4n) is 1.87. The highest BCUT2D eigenvalue weighted by Gasteiger charge is 2.16. The van der Waals surface area contributed by atoms with Crippen LogP contribution < -0.4 is 20.2 Å². The number of hydrogen-bond acceptors (Lipinski definition) is 6. The highest BCUT2D eigenvalue weighted by Crippen LogP contribution is 2.35. The van der Waals surface area contributed by atoms with Crippen molar-refractivity contribution in [1.29, 1.82) is 0 Å². The second-order valence-corrected chi connectivity index (χ2v) is 6.78. The largest absolute Gasteiger partial charge is 0.495 e. The zero-order chi connectivity index (χ0) is 19.9. The Morgan fingerprint density at radius 1 is 1.15 bits per heavy atom. The van der Waals surface area contributed by atoms with Crippen molar-refractivity contribution in [3.8, 4) is 11.5 Å². The van der Waals surface area contributed by atoms with Crippen LogP contribution in [0.2, 0.25) is 5.02 Å². The SMILES string of the molecule is COc1cc(NC(=O)C/C(C)=N/NC(=O)OC(C)(C)C)c(OC)cc1Cl. The molecule has 144 valence electrons. The third-order valence-electron chi connectivity index (χ3n) is 2.90. The van der Waals surface area contributed by atoms with Gasteiger partial charge in [0.1, 0.15) is 17.1 Å². The lowest BCUT2D eigenvalue weighted by atomic mass is 10.2. The molecule has 0 spiro atoms. The first-order valence-corrected chi connectivity index (χ1v) is 8.17. The van der Waals surface area contributed by atoms with Crippen molar-refractivity contribution >= 4 is 35.0 Å². The zero-order valence-electron chi connectivity index (χ0n) is 15.7. The predicted molar refractivity (Wildman–Crippen MR) is 100 cm³/mol. The Balaban J connectivity index is 2.71. The van der Waals surface area contributed by atoms with E-state index in [9.17, 15) is 9.59 Å². The minimum atomic E-state index is -0.693. The van der Waals surface area contributed by atoms with E-state index in [0.717, 1.165) is 0 Å². The molecule has 2 N–H and O–H groups in total. The second kappa shape index (κ2) is 9.28. The normalized spacial score (nSPS) is 11.6. The summed E-state index contributed by atoms with van der Waals surface area (Å²) in [5.41, 5.74) is 2.42. The molecule has 0 atom stereocenters. The van der Waals surface area contributed by atoms with Crippen LogP contribution in [0.4, 0.5) is 10.5 Å². The molecule has 0 aliphatic rings. The van der Waals surface area contributed by atoms with Crippen LogP contribution in [0, 0.1) is 0 Å². The number of ether oxygens (including phenoxy) is 3. The molecular formula is C17H24ClN3O5. The van der Waals surface area contributed by atoms with E-state index >= 15 is 0 Å². The van der Waals surface area contributed by atoms with Gasteiger partial charge in [-0.1, -0.05) is 11.6 Å². The maximum Gasteiger partial charge on any atom is 0.428 e. The van der Waals surface area contributed by atoms with Gasteiger partial charge in [0.15, 0.2) is 0 Å². The van der Waals surface area contributed by atoms with Crippen LogP contribution in [0.15, 0.2) is 17.2 Å². The predicted octanol–water partition coefficient (Wildman–Crippen LogP) is 3.59. The van der Waals surface area contributed by atoms with Crippen LogP contribution in [-0.4, -0.2) is 37.5 Å². The summed E-state index contributed by atoms with van der Waals surface area (Å²) in [7, 11) is 2.93. The molecule has 0 bridgehead atoms. The Kier molecular flexibility index (Phi) is 7.70. The first-order chi connectivity index (χ1) is 12.1. The molecule has 26 heavy (non-hydrogen) atoms. The molecule has 9 heteroatoms. The molecule has 2 amide bonds. The summed E-state index contributed by atoms with van der Waals surface area (Å²) < 4.78 is 15.4. The Bertz CT molecular complexity index is 698. The molecule has 0 heterocycles. The van der Waals surface area contributed by atoms with E-state index in [0.29, 0.717) is 27.9 Å². The fourth-order valence-corrected chi connectivity index (χ4v) is 2.10. The minimum Gasteiger partial charge on any atom is -0.495 e. The average molecular weight is 386 g/mol. The summed E-state index contributed by atoms with van der Waals surface area (Å²) >= 11 is 6.03. The number of nitrogens with one attached hydrogen (secondary N) is 2. The summed E-state index contributed by atoms with van der Waals surface area (Å²) in [6.45, 7) is 6.83. The summed E-state index contributed by atoms with van der Waals surface area (Å²) in [6.07, 6.45) is -0.731. The first kappa shape index (κ1) is 21.6. The van der Waals surface area contributed by atoms with Crippen molar-refractivity contribution in [1.82, 2.24) is 5.43 Å². The Labute approximate surface area is 157 Å². The van der Waals surface area contributed by atoms with Gasteiger partial charge >= 0.3 is 6.09 Å². The van der Waals surface area contributed by atoms with Gasteiger partial charge in [-0.05, 0) is 27.7 Å². The molecular weight excluding hydrogens is 362 g/mol. The van der Waals surface area contributed by atoms with Crippen LogP contribution in [-0.2, 0) is 9.53 Å². The van der Waals surface area contributed by atoms with Crippen molar-refractivity contribution < 1.29 is 23.8 Å². The van der Waals surface area contributed by atoms with Crippen molar-refractivity contribution in [2.75, 3.05) is 19.5 Å². The van der Waals surface area contributed by atoms with Crippen LogP contribution in [0.3, 0.4) is 0 Å². The van der Waals surface area contributed by atoms with E-state index in [4.69, 9.17) is 25.8 Å². The average Bonchev–Trinajstić information content (AvgIpc) is 2.52. The first-order valence-electron chi connectivity index (χ1n) is 7.79. The van der Waals surface area contributed by atoms with Gasteiger partial charge in [0.25, 0.3) is 0 Å². The summed E-state index contributed by atoms with van der Waals surface area (Å²) in [5, 5.41) is 6.89. The maximum atomic E-state index is 12.2. The number of rotatable bonds is 6. The molecule has 0 saturated carbocycles. The van der Waals surface area contributed by atoms with Crippen molar-refractivity contribution in [3.63, 3.8) is 0 Å². The van der Waals surface area contributed by atoms with Crippen molar-refractivity contribution in [3.05, 3.63) is 17.2 Å². The van der Waals surface area contributed by atoms with E-state index in [-0.39, 0.29) is 12.3 Å². The second-order valence-electron chi connectivity index (χ2n) is 6.37.